The molecule has 0 bridgehead atoms. The summed E-state index contributed by atoms with van der Waals surface area (Å²) in [5.41, 5.74) is 0. The van der Waals surface area contributed by atoms with E-state index in [-0.39, 0.29) is 6.42 Å². The highest BCUT2D eigenvalue weighted by atomic mass is 16.4. The molecule has 0 aliphatic heterocycles. The summed E-state index contributed by atoms with van der Waals surface area (Å²) in [6.07, 6.45) is 45.7. The van der Waals surface area contributed by atoms with Gasteiger partial charge in [-0.1, -0.05) is 195 Å². The molecule has 0 amide bonds. The smallest absolute Gasteiger partial charge is 0.0784 e. The molecule has 0 rings (SSSR count). The maximum atomic E-state index is 10.2. The molecule has 0 aromatic carbocycles. The molecule has 0 unspecified atom stereocenters. The first-order chi connectivity index (χ1) is 22.5. The van der Waals surface area contributed by atoms with Gasteiger partial charge in [-0.15, -0.1) is 0 Å². The van der Waals surface area contributed by atoms with E-state index in [1.165, 1.54) is 223 Å². The summed E-state index contributed by atoms with van der Waals surface area (Å²) in [6, 6.07) is 0. The molecule has 278 valence electrons. The second-order valence-corrected chi connectivity index (χ2v) is 15.2. The van der Waals surface area contributed by atoms with Crippen molar-refractivity contribution in [2.45, 2.75) is 246 Å². The van der Waals surface area contributed by atoms with Gasteiger partial charge >= 0.3 is 0 Å². The molecule has 0 spiro atoms. The lowest BCUT2D eigenvalue weighted by molar-refractivity contribution is -0.910. The predicted molar refractivity (Wildman–Crippen MR) is 205 cm³/mol. The molecule has 0 radical (unpaired) electrons. The fourth-order valence-electron chi connectivity index (χ4n) is 6.80. The molecule has 0 aliphatic carbocycles. The molecule has 0 saturated carbocycles. The van der Waals surface area contributed by atoms with E-state index in [1.807, 2.05) is 0 Å². The van der Waals surface area contributed by atoms with Crippen LogP contribution < -0.4 is 5.11 Å². The zero-order valence-electron chi connectivity index (χ0n) is 32.9. The molecule has 3 heteroatoms. The van der Waals surface area contributed by atoms with Crippen molar-refractivity contribution in [1.82, 2.24) is 0 Å². The Labute approximate surface area is 292 Å². The van der Waals surface area contributed by atoms with Crippen LogP contribution in [-0.4, -0.2) is 37.1 Å². The van der Waals surface area contributed by atoms with E-state index in [0.717, 1.165) is 12.8 Å². The van der Waals surface area contributed by atoms with E-state index in [9.17, 15) is 9.90 Å². The Morgan fingerprint density at radius 2 is 0.543 bits per heavy atom. The molecular formula is C43H89NO2. The zero-order valence-corrected chi connectivity index (χ0v) is 32.9. The normalized spacial score (nSPS) is 11.5. The topological polar surface area (TPSA) is 40.1 Å². The minimum Gasteiger partial charge on any atom is -0.550 e. The summed E-state index contributed by atoms with van der Waals surface area (Å²) in [5.74, 6) is -0.903. The maximum absolute atomic E-state index is 10.2. The van der Waals surface area contributed by atoms with Gasteiger partial charge in [0.05, 0.1) is 26.7 Å². The van der Waals surface area contributed by atoms with Gasteiger partial charge in [0.15, 0.2) is 0 Å². The summed E-state index contributed by atoms with van der Waals surface area (Å²) in [5, 5.41) is 10.2. The van der Waals surface area contributed by atoms with Gasteiger partial charge in [-0.05, 0) is 51.4 Å². The number of carbonyl (C=O) groups excluding carboxylic acids is 1. The summed E-state index contributed by atoms with van der Waals surface area (Å²) in [4.78, 5) is 10.2. The van der Waals surface area contributed by atoms with Crippen molar-refractivity contribution in [3.63, 3.8) is 0 Å². The van der Waals surface area contributed by atoms with E-state index in [1.54, 1.807) is 0 Å². The van der Waals surface area contributed by atoms with Crippen molar-refractivity contribution >= 4 is 5.97 Å². The predicted octanol–water partition coefficient (Wildman–Crippen LogP) is 13.5. The van der Waals surface area contributed by atoms with Crippen LogP contribution in [0.1, 0.15) is 246 Å². The Hall–Kier alpha value is -0.570. The number of quaternary nitrogens is 1. The van der Waals surface area contributed by atoms with Crippen molar-refractivity contribution in [3.05, 3.63) is 0 Å². The summed E-state index contributed by atoms with van der Waals surface area (Å²) in [7, 11) is 2.56. The number of carboxylic acids is 1. The lowest BCUT2D eigenvalue weighted by Gasteiger charge is -2.35. The molecule has 46 heavy (non-hydrogen) atoms. The SMILES string of the molecule is CCCCCCCCCCCCCCCCCC(=O)[O-].CCCCCCCC[N+](C)(CCCCCCCC)CCCCCCCC. The number of carboxylic acid groups (broad SMARTS) is 1. The first-order valence-corrected chi connectivity index (χ1v) is 21.5. The van der Waals surface area contributed by atoms with E-state index in [4.69, 9.17) is 0 Å². The minimum atomic E-state index is -0.903. The van der Waals surface area contributed by atoms with Crippen molar-refractivity contribution in [3.8, 4) is 0 Å². The molecule has 0 aliphatic rings. The zero-order chi connectivity index (χ0) is 34.2. The Morgan fingerprint density at radius 3 is 0.761 bits per heavy atom. The highest BCUT2D eigenvalue weighted by Gasteiger charge is 2.20. The molecule has 0 atom stereocenters. The average Bonchev–Trinajstić information content (AvgIpc) is 3.04. The van der Waals surface area contributed by atoms with Gasteiger partial charge in [-0.2, -0.15) is 0 Å². The molecule has 3 nitrogen and oxygen atoms in total. The number of hydrogen-bond donors (Lipinski definition) is 0. The minimum absolute atomic E-state index is 0.234. The number of unbranched alkanes of at least 4 members (excludes halogenated alkanes) is 29. The Bertz CT molecular complexity index is 522. The second kappa shape index (κ2) is 40.6. The third-order valence-electron chi connectivity index (χ3n) is 10.1. The van der Waals surface area contributed by atoms with Gasteiger partial charge in [0.2, 0.25) is 0 Å². The van der Waals surface area contributed by atoms with Crippen LogP contribution in [0.3, 0.4) is 0 Å². The lowest BCUT2D eigenvalue weighted by Crippen LogP contribution is -2.46. The van der Waals surface area contributed by atoms with Gasteiger partial charge in [-0.25, -0.2) is 0 Å². The highest BCUT2D eigenvalue weighted by molar-refractivity contribution is 5.64. The molecule has 0 saturated heterocycles. The molecule has 0 aromatic heterocycles. The summed E-state index contributed by atoms with van der Waals surface area (Å²) in [6.45, 7) is 13.5. The van der Waals surface area contributed by atoms with Crippen LogP contribution in [-0.2, 0) is 4.79 Å². The highest BCUT2D eigenvalue weighted by Crippen LogP contribution is 2.17. The molecule has 0 N–H and O–H groups in total. The number of hydrogen-bond acceptors (Lipinski definition) is 2. The van der Waals surface area contributed by atoms with Gasteiger partial charge in [0.1, 0.15) is 0 Å². The quantitative estimate of drug-likeness (QED) is 0.0495. The van der Waals surface area contributed by atoms with E-state index >= 15 is 0 Å². The first-order valence-electron chi connectivity index (χ1n) is 21.5. The van der Waals surface area contributed by atoms with Gasteiger partial charge in [-0.3, -0.25) is 0 Å². The third kappa shape index (κ3) is 41.5. The van der Waals surface area contributed by atoms with Crippen molar-refractivity contribution in [2.75, 3.05) is 26.7 Å². The van der Waals surface area contributed by atoms with Gasteiger partial charge in [0.25, 0.3) is 0 Å². The summed E-state index contributed by atoms with van der Waals surface area (Å²) < 4.78 is 1.36. The van der Waals surface area contributed by atoms with Crippen LogP contribution in [0.4, 0.5) is 0 Å². The third-order valence-corrected chi connectivity index (χ3v) is 10.1. The Morgan fingerprint density at radius 1 is 0.348 bits per heavy atom. The fraction of sp³-hybridized carbons (Fsp3) is 0.977. The maximum Gasteiger partial charge on any atom is 0.0784 e. The van der Waals surface area contributed by atoms with E-state index in [0.29, 0.717) is 0 Å². The average molecular weight is 652 g/mol. The van der Waals surface area contributed by atoms with Crippen LogP contribution in [0.15, 0.2) is 0 Å². The van der Waals surface area contributed by atoms with Gasteiger partial charge < -0.3 is 14.4 Å². The molecule has 0 fully saturated rings. The Balaban J connectivity index is 0. The van der Waals surface area contributed by atoms with Crippen LogP contribution in [0, 0.1) is 0 Å². The van der Waals surface area contributed by atoms with Crippen LogP contribution in [0.5, 0.6) is 0 Å². The molecule has 0 aromatic rings. The van der Waals surface area contributed by atoms with Crippen molar-refractivity contribution in [2.24, 2.45) is 0 Å². The number of rotatable bonds is 37. The second-order valence-electron chi connectivity index (χ2n) is 15.2. The van der Waals surface area contributed by atoms with Crippen molar-refractivity contribution in [1.29, 1.82) is 0 Å². The molecule has 0 heterocycles. The van der Waals surface area contributed by atoms with E-state index < -0.39 is 5.97 Å². The summed E-state index contributed by atoms with van der Waals surface area (Å²) >= 11 is 0. The first kappa shape index (κ1) is 47.5. The molecular weight excluding hydrogens is 562 g/mol. The fourth-order valence-corrected chi connectivity index (χ4v) is 6.80. The monoisotopic (exact) mass is 652 g/mol. The largest absolute Gasteiger partial charge is 0.550 e. The Kier molecular flexibility index (Phi) is 42.0. The number of aliphatic carboxylic acids is 1. The number of carbonyl (C=O) groups is 1. The van der Waals surface area contributed by atoms with E-state index in [2.05, 4.69) is 34.7 Å². The number of nitrogens with zero attached hydrogens (tertiary/aromatic N) is 1. The standard InChI is InChI=1S/C25H54N.C18H36O2/c1-5-8-11-14-17-20-23-26(4,24-21-18-15-12-9-6-2)25-22-19-16-13-10-7-3;1-2-3-4-5-6-7-8-9-10-11-12-13-14-15-16-17-18(19)20/h5-25H2,1-4H3;2-17H2,1H3,(H,19,20)/q+1;/p-1. The van der Waals surface area contributed by atoms with Crippen LogP contribution in [0.2, 0.25) is 0 Å². The van der Waals surface area contributed by atoms with Gasteiger partial charge in [0, 0.05) is 5.97 Å². The van der Waals surface area contributed by atoms with Crippen LogP contribution >= 0.6 is 0 Å². The van der Waals surface area contributed by atoms with Crippen molar-refractivity contribution < 1.29 is 14.4 Å². The lowest BCUT2D eigenvalue weighted by atomic mass is 10.0. The van der Waals surface area contributed by atoms with Crippen LogP contribution in [0.25, 0.3) is 0 Å².